The minimum atomic E-state index is -4.39. The lowest BCUT2D eigenvalue weighted by Gasteiger charge is -2.33. The van der Waals surface area contributed by atoms with E-state index in [1.54, 1.807) is 24.3 Å². The normalized spacial score (nSPS) is 30.5. The molecule has 6 rings (SSSR count). The summed E-state index contributed by atoms with van der Waals surface area (Å²) >= 11 is 0. The highest BCUT2D eigenvalue weighted by Crippen LogP contribution is 2.48. The number of nitrogens with one attached hydrogen (secondary N) is 3. The number of halogens is 3. The van der Waals surface area contributed by atoms with Gasteiger partial charge in [0, 0.05) is 18.4 Å². The first kappa shape index (κ1) is 37.8. The van der Waals surface area contributed by atoms with Gasteiger partial charge in [-0.1, -0.05) is 26.0 Å². The van der Waals surface area contributed by atoms with Gasteiger partial charge >= 0.3 is 0 Å². The highest BCUT2D eigenvalue weighted by Gasteiger charge is 2.64. The number of benzene rings is 1. The SMILES string of the molecule is COc1ccc2ncc(O[C@@H]3C[C@H]4C(=O)N[C@]5(C(=O)NS(=O)(=O)C6(CF)CC6)C[C@H]5C=CCC[C@@H](C)C[C@@H](C)[C@H](NCC(F)F)C(=O)N4C3)nc2c1. The van der Waals surface area contributed by atoms with Gasteiger partial charge in [0.25, 0.3) is 12.3 Å². The summed E-state index contributed by atoms with van der Waals surface area (Å²) in [6, 6.07) is 2.86. The third kappa shape index (κ3) is 7.70. The third-order valence-electron chi connectivity index (χ3n) is 10.8. The Hall–Kier alpha value is -3.99. The van der Waals surface area contributed by atoms with Crippen molar-refractivity contribution >= 4 is 38.8 Å². The molecule has 0 bridgehead atoms. The number of hydrogen-bond acceptors (Lipinski definition) is 10. The Morgan fingerprint density at radius 3 is 2.63 bits per heavy atom. The highest BCUT2D eigenvalue weighted by molar-refractivity contribution is 7.91. The predicted molar refractivity (Wildman–Crippen MR) is 184 cm³/mol. The Balaban J connectivity index is 1.31. The van der Waals surface area contributed by atoms with Crippen LogP contribution in [0.15, 0.2) is 36.5 Å². The van der Waals surface area contributed by atoms with Crippen molar-refractivity contribution in [2.45, 2.75) is 93.7 Å². The zero-order valence-corrected chi connectivity index (χ0v) is 30.1. The van der Waals surface area contributed by atoms with Crippen LogP contribution in [0.5, 0.6) is 11.6 Å². The quantitative estimate of drug-likeness (QED) is 0.307. The molecule has 17 heteroatoms. The molecule has 3 N–H and O–H groups in total. The second kappa shape index (κ2) is 14.8. The van der Waals surface area contributed by atoms with Gasteiger partial charge < -0.3 is 25.0 Å². The van der Waals surface area contributed by atoms with E-state index in [0.29, 0.717) is 36.0 Å². The number of sulfonamides is 1. The maximum absolute atomic E-state index is 14.4. The van der Waals surface area contributed by atoms with Crippen molar-refractivity contribution in [3.63, 3.8) is 0 Å². The van der Waals surface area contributed by atoms with Crippen LogP contribution in [0.4, 0.5) is 13.2 Å². The molecular formula is C35H45F3N6O7S. The van der Waals surface area contributed by atoms with Crippen LogP contribution < -0.4 is 24.8 Å². The average molecular weight is 751 g/mol. The van der Waals surface area contributed by atoms with Gasteiger partial charge in [0.05, 0.1) is 43.5 Å². The molecule has 1 aromatic heterocycles. The molecule has 1 saturated heterocycles. The summed E-state index contributed by atoms with van der Waals surface area (Å²) < 4.78 is 78.7. The van der Waals surface area contributed by atoms with Gasteiger partial charge in [-0.2, -0.15) is 0 Å². The molecule has 1 aromatic carbocycles. The lowest BCUT2D eigenvalue weighted by molar-refractivity contribution is -0.142. The summed E-state index contributed by atoms with van der Waals surface area (Å²) in [6.07, 6.45) is 3.53. The molecule has 2 aromatic rings. The number of fused-ring (bicyclic) bond motifs is 3. The van der Waals surface area contributed by atoms with Crippen LogP contribution in [0, 0.1) is 17.8 Å². The Morgan fingerprint density at radius 2 is 1.94 bits per heavy atom. The Kier molecular flexibility index (Phi) is 10.7. The average Bonchev–Trinajstić information content (AvgIpc) is 4.01. The lowest BCUT2D eigenvalue weighted by Crippen LogP contribution is -2.59. The van der Waals surface area contributed by atoms with E-state index < -0.39 is 81.8 Å². The van der Waals surface area contributed by atoms with Crippen molar-refractivity contribution in [3.05, 3.63) is 36.5 Å². The summed E-state index contributed by atoms with van der Waals surface area (Å²) in [4.78, 5) is 52.5. The number of hydrogen-bond donors (Lipinski definition) is 3. The van der Waals surface area contributed by atoms with Gasteiger partial charge in [-0.3, -0.25) is 19.1 Å². The van der Waals surface area contributed by atoms with Crippen LogP contribution in [-0.2, 0) is 24.4 Å². The van der Waals surface area contributed by atoms with Crippen molar-refractivity contribution in [3.8, 4) is 11.6 Å². The largest absolute Gasteiger partial charge is 0.497 e. The summed E-state index contributed by atoms with van der Waals surface area (Å²) in [5.74, 6) is -2.50. The molecule has 13 nitrogen and oxygen atoms in total. The first-order valence-electron chi connectivity index (χ1n) is 17.6. The second-order valence-electron chi connectivity index (χ2n) is 14.7. The van der Waals surface area contributed by atoms with Crippen LogP contribution in [0.25, 0.3) is 11.0 Å². The molecule has 52 heavy (non-hydrogen) atoms. The molecular weight excluding hydrogens is 705 g/mol. The molecule has 0 unspecified atom stereocenters. The lowest BCUT2D eigenvalue weighted by atomic mass is 9.88. The molecule has 3 heterocycles. The number of alkyl halides is 3. The molecule has 2 aliphatic carbocycles. The van der Waals surface area contributed by atoms with E-state index in [9.17, 15) is 36.0 Å². The monoisotopic (exact) mass is 750 g/mol. The van der Waals surface area contributed by atoms with Crippen molar-refractivity contribution in [1.29, 1.82) is 0 Å². The first-order valence-corrected chi connectivity index (χ1v) is 19.1. The summed E-state index contributed by atoms with van der Waals surface area (Å²) in [7, 11) is -2.88. The van der Waals surface area contributed by atoms with E-state index in [-0.39, 0.29) is 49.9 Å². The summed E-state index contributed by atoms with van der Waals surface area (Å²) in [6.45, 7) is 1.81. The third-order valence-corrected chi connectivity index (χ3v) is 12.9. The molecule has 3 amide bonds. The first-order chi connectivity index (χ1) is 24.7. The number of allylic oxidation sites excluding steroid dienone is 1. The second-order valence-corrected chi connectivity index (χ2v) is 16.7. The number of ether oxygens (including phenoxy) is 2. The molecule has 2 aliphatic heterocycles. The molecule has 3 fully saturated rings. The van der Waals surface area contributed by atoms with E-state index in [1.807, 2.05) is 24.6 Å². The fraction of sp³-hybridized carbons (Fsp3) is 0.629. The van der Waals surface area contributed by atoms with Gasteiger partial charge in [0.1, 0.15) is 34.9 Å². The van der Waals surface area contributed by atoms with Crippen molar-refractivity contribution in [1.82, 2.24) is 30.2 Å². The number of aromatic nitrogens is 2. The van der Waals surface area contributed by atoms with Crippen molar-refractivity contribution < 1.29 is 45.4 Å². The minimum absolute atomic E-state index is 0.0524. The topological polar surface area (TPSA) is 169 Å². The van der Waals surface area contributed by atoms with Crippen LogP contribution in [0.3, 0.4) is 0 Å². The van der Waals surface area contributed by atoms with Crippen LogP contribution in [-0.4, -0.2) is 103 Å². The number of nitrogens with zero attached hydrogens (tertiary/aromatic N) is 3. The summed E-state index contributed by atoms with van der Waals surface area (Å²) in [5, 5.41) is 5.48. The zero-order chi connectivity index (χ0) is 37.4. The molecule has 4 aliphatic rings. The van der Waals surface area contributed by atoms with Crippen LogP contribution in [0.1, 0.15) is 58.8 Å². The van der Waals surface area contributed by atoms with E-state index in [1.165, 1.54) is 18.2 Å². The van der Waals surface area contributed by atoms with Gasteiger partial charge in [0.2, 0.25) is 27.7 Å². The minimum Gasteiger partial charge on any atom is -0.497 e. The zero-order valence-electron chi connectivity index (χ0n) is 29.3. The predicted octanol–water partition coefficient (Wildman–Crippen LogP) is 3.05. The standard InChI is InChI=1S/C35H45F3N6O7S/c1-20-6-4-5-7-22-15-35(22,33(47)43-52(48,49)34(19-36)10-11-34)42-31(45)27-14-24(18-44(27)32(46)30(21(2)12-20)40-16-28(37)38)51-29-17-39-25-9-8-23(50-3)13-26(25)41-29/h5,7-9,13,17,20-22,24,27-28,30,40H,4,6,10-12,14-16,18-19H2,1-3H3,(H,42,45)(H,43,47)/t20-,21-,22-,24-,27+,30+,35-/m1/s1. The number of amides is 3. The Bertz CT molecular complexity index is 1830. The number of rotatable bonds is 10. The maximum atomic E-state index is 14.4. The van der Waals surface area contributed by atoms with Crippen molar-refractivity contribution in [2.24, 2.45) is 17.8 Å². The Labute approximate surface area is 300 Å². The van der Waals surface area contributed by atoms with Gasteiger partial charge in [-0.25, -0.2) is 31.6 Å². The molecule has 284 valence electrons. The summed E-state index contributed by atoms with van der Waals surface area (Å²) in [5.41, 5.74) is -0.611. The molecule has 0 spiro atoms. The highest BCUT2D eigenvalue weighted by atomic mass is 32.2. The van der Waals surface area contributed by atoms with Gasteiger partial charge in [-0.15, -0.1) is 0 Å². The number of carbonyl (C=O) groups is 3. The molecule has 7 atom stereocenters. The van der Waals surface area contributed by atoms with E-state index in [4.69, 9.17) is 9.47 Å². The van der Waals surface area contributed by atoms with E-state index in [2.05, 4.69) is 20.6 Å². The fourth-order valence-electron chi connectivity index (χ4n) is 7.38. The van der Waals surface area contributed by atoms with E-state index in [0.717, 1.165) is 0 Å². The molecule has 2 saturated carbocycles. The van der Waals surface area contributed by atoms with Gasteiger partial charge in [-0.05, 0) is 62.5 Å². The number of carbonyl (C=O) groups excluding carboxylic acids is 3. The van der Waals surface area contributed by atoms with Crippen LogP contribution in [0.2, 0.25) is 0 Å². The van der Waals surface area contributed by atoms with Gasteiger partial charge in [0.15, 0.2) is 0 Å². The molecule has 0 radical (unpaired) electrons. The fourth-order valence-corrected chi connectivity index (χ4v) is 8.81. The number of methoxy groups -OCH3 is 1. The van der Waals surface area contributed by atoms with Crippen LogP contribution >= 0.6 is 0 Å². The van der Waals surface area contributed by atoms with Crippen molar-refractivity contribution in [2.75, 3.05) is 26.9 Å². The smallest absolute Gasteiger partial charge is 0.259 e. The van der Waals surface area contributed by atoms with E-state index >= 15 is 0 Å². The maximum Gasteiger partial charge on any atom is 0.259 e. The Morgan fingerprint density at radius 1 is 1.17 bits per heavy atom.